The molecular formula is C17H39O3P. The SMILES string of the molecule is CCCCCCCCCCCCCCC.CO[PH](=O)OC. The Morgan fingerprint density at radius 3 is 0.952 bits per heavy atom. The van der Waals surface area contributed by atoms with E-state index >= 15 is 0 Å². The van der Waals surface area contributed by atoms with Crippen LogP contribution in [0.1, 0.15) is 97.3 Å². The van der Waals surface area contributed by atoms with Gasteiger partial charge in [-0.1, -0.05) is 97.3 Å². The molecule has 0 rings (SSSR count). The number of unbranched alkanes of at least 4 members (excludes halogenated alkanes) is 12. The highest BCUT2D eigenvalue weighted by molar-refractivity contribution is 7.33. The topological polar surface area (TPSA) is 35.5 Å². The van der Waals surface area contributed by atoms with Gasteiger partial charge in [0.1, 0.15) is 0 Å². The first-order chi connectivity index (χ1) is 10.2. The van der Waals surface area contributed by atoms with Crippen LogP contribution in [0.25, 0.3) is 0 Å². The van der Waals surface area contributed by atoms with Crippen LogP contribution in [0.4, 0.5) is 0 Å². The van der Waals surface area contributed by atoms with Gasteiger partial charge in [0.05, 0.1) is 0 Å². The summed E-state index contributed by atoms with van der Waals surface area (Å²) in [6.07, 6.45) is 18.9. The predicted molar refractivity (Wildman–Crippen MR) is 94.4 cm³/mol. The van der Waals surface area contributed by atoms with Crippen LogP contribution in [0.5, 0.6) is 0 Å². The van der Waals surface area contributed by atoms with Crippen LogP contribution in [0.2, 0.25) is 0 Å². The quantitative estimate of drug-likeness (QED) is 0.261. The molecule has 0 aliphatic heterocycles. The van der Waals surface area contributed by atoms with Gasteiger partial charge in [-0.05, 0) is 0 Å². The fourth-order valence-electron chi connectivity index (χ4n) is 2.17. The summed E-state index contributed by atoms with van der Waals surface area (Å²) in [6, 6.07) is 0. The second-order valence-corrected chi connectivity index (χ2v) is 6.86. The molecule has 0 aliphatic carbocycles. The molecule has 0 N–H and O–H groups in total. The van der Waals surface area contributed by atoms with Crippen molar-refractivity contribution in [3.63, 3.8) is 0 Å². The molecule has 0 unspecified atom stereocenters. The standard InChI is InChI=1S/C15H32.C2H7O3P/c1-3-5-7-9-11-13-15-14-12-10-8-6-4-2;1-4-6(3)5-2/h3-15H2,1-2H3;6H,1-2H3. The first-order valence-corrected chi connectivity index (χ1v) is 10.1. The molecule has 0 aliphatic rings. The van der Waals surface area contributed by atoms with Crippen molar-refractivity contribution >= 4 is 8.25 Å². The van der Waals surface area contributed by atoms with Crippen molar-refractivity contribution < 1.29 is 13.6 Å². The van der Waals surface area contributed by atoms with E-state index in [1.54, 1.807) is 0 Å². The van der Waals surface area contributed by atoms with E-state index in [9.17, 15) is 4.57 Å². The Kier molecular flexibility index (Phi) is 25.0. The molecule has 130 valence electrons. The summed E-state index contributed by atoms with van der Waals surface area (Å²) < 4.78 is 18.4. The van der Waals surface area contributed by atoms with Crippen molar-refractivity contribution in [2.75, 3.05) is 14.2 Å². The number of hydrogen-bond donors (Lipinski definition) is 0. The van der Waals surface area contributed by atoms with E-state index in [-0.39, 0.29) is 0 Å². The van der Waals surface area contributed by atoms with Crippen molar-refractivity contribution in [3.05, 3.63) is 0 Å². The van der Waals surface area contributed by atoms with Crippen molar-refractivity contribution in [3.8, 4) is 0 Å². The van der Waals surface area contributed by atoms with Crippen LogP contribution in [0, 0.1) is 0 Å². The lowest BCUT2D eigenvalue weighted by atomic mass is 10.1. The lowest BCUT2D eigenvalue weighted by Gasteiger charge is -2.01. The third kappa shape index (κ3) is 25.4. The van der Waals surface area contributed by atoms with Crippen LogP contribution in [-0.2, 0) is 13.6 Å². The van der Waals surface area contributed by atoms with Crippen molar-refractivity contribution in [2.24, 2.45) is 0 Å². The zero-order chi connectivity index (χ0) is 16.2. The lowest BCUT2D eigenvalue weighted by Crippen LogP contribution is -1.82. The number of hydrogen-bond acceptors (Lipinski definition) is 3. The van der Waals surface area contributed by atoms with Crippen molar-refractivity contribution in [2.45, 2.75) is 97.3 Å². The summed E-state index contributed by atoms with van der Waals surface area (Å²) in [4.78, 5) is 0. The molecule has 4 heteroatoms. The Labute approximate surface area is 134 Å². The second-order valence-electron chi connectivity index (χ2n) is 5.55. The first kappa shape index (κ1) is 23.4. The summed E-state index contributed by atoms with van der Waals surface area (Å²) in [5, 5.41) is 0. The predicted octanol–water partition coefficient (Wildman–Crippen LogP) is 6.77. The zero-order valence-corrected chi connectivity index (χ0v) is 15.9. The maximum atomic E-state index is 9.92. The molecule has 0 amide bonds. The molecule has 3 nitrogen and oxygen atoms in total. The minimum absolute atomic E-state index is 1.34. The molecule has 0 aromatic carbocycles. The molecule has 0 atom stereocenters. The fourth-order valence-corrected chi connectivity index (χ4v) is 2.34. The van der Waals surface area contributed by atoms with Crippen molar-refractivity contribution in [1.29, 1.82) is 0 Å². The van der Waals surface area contributed by atoms with Gasteiger partial charge < -0.3 is 9.05 Å². The highest BCUT2D eigenvalue weighted by atomic mass is 31.1. The fraction of sp³-hybridized carbons (Fsp3) is 1.00. The third-order valence-electron chi connectivity index (χ3n) is 3.54. The van der Waals surface area contributed by atoms with Gasteiger partial charge in [-0.2, -0.15) is 0 Å². The van der Waals surface area contributed by atoms with E-state index < -0.39 is 8.25 Å². The maximum Gasteiger partial charge on any atom is 0.318 e. The molecule has 0 aromatic heterocycles. The van der Waals surface area contributed by atoms with Gasteiger partial charge in [0.25, 0.3) is 0 Å². The van der Waals surface area contributed by atoms with E-state index in [1.165, 1.54) is 97.7 Å². The molecule has 0 heterocycles. The van der Waals surface area contributed by atoms with Gasteiger partial charge in [-0.3, -0.25) is 4.57 Å². The van der Waals surface area contributed by atoms with Crippen LogP contribution in [-0.4, -0.2) is 14.2 Å². The van der Waals surface area contributed by atoms with Gasteiger partial charge in [-0.15, -0.1) is 0 Å². The lowest BCUT2D eigenvalue weighted by molar-refractivity contribution is 0.302. The molecule has 0 spiro atoms. The molecule has 0 saturated heterocycles. The minimum Gasteiger partial charge on any atom is -0.314 e. The Bertz CT molecular complexity index is 180. The van der Waals surface area contributed by atoms with Crippen LogP contribution in [0.15, 0.2) is 0 Å². The minimum atomic E-state index is -2.12. The molecule has 0 aromatic rings. The first-order valence-electron chi connectivity index (χ1n) is 8.84. The monoisotopic (exact) mass is 322 g/mol. The maximum absolute atomic E-state index is 9.92. The van der Waals surface area contributed by atoms with Gasteiger partial charge in [-0.25, -0.2) is 0 Å². The van der Waals surface area contributed by atoms with E-state index in [0.29, 0.717) is 0 Å². The van der Waals surface area contributed by atoms with Gasteiger partial charge >= 0.3 is 8.25 Å². The largest absolute Gasteiger partial charge is 0.318 e. The third-order valence-corrected chi connectivity index (χ3v) is 4.21. The molecule has 0 bridgehead atoms. The smallest absolute Gasteiger partial charge is 0.314 e. The van der Waals surface area contributed by atoms with E-state index in [4.69, 9.17) is 0 Å². The Morgan fingerprint density at radius 1 is 0.571 bits per heavy atom. The van der Waals surface area contributed by atoms with Gasteiger partial charge in [0.2, 0.25) is 0 Å². The summed E-state index contributed by atoms with van der Waals surface area (Å²) in [5.74, 6) is 0. The van der Waals surface area contributed by atoms with Crippen LogP contribution in [0.3, 0.4) is 0 Å². The van der Waals surface area contributed by atoms with E-state index in [2.05, 4.69) is 22.9 Å². The second kappa shape index (κ2) is 22.4. The molecule has 0 radical (unpaired) electrons. The van der Waals surface area contributed by atoms with Gasteiger partial charge in [0.15, 0.2) is 0 Å². The highest BCUT2D eigenvalue weighted by Crippen LogP contribution is 2.18. The Morgan fingerprint density at radius 2 is 0.810 bits per heavy atom. The molecule has 0 saturated carbocycles. The average Bonchev–Trinajstić information content (AvgIpc) is 2.52. The summed E-state index contributed by atoms with van der Waals surface area (Å²) in [6.45, 7) is 4.58. The van der Waals surface area contributed by atoms with Crippen LogP contribution < -0.4 is 0 Å². The molecule has 0 fully saturated rings. The number of rotatable bonds is 14. The summed E-state index contributed by atoms with van der Waals surface area (Å²) in [5.41, 5.74) is 0. The van der Waals surface area contributed by atoms with Crippen molar-refractivity contribution in [1.82, 2.24) is 0 Å². The summed E-state index contributed by atoms with van der Waals surface area (Å²) >= 11 is 0. The Hall–Kier alpha value is 0.150. The molecule has 21 heavy (non-hydrogen) atoms. The Balaban J connectivity index is 0. The average molecular weight is 322 g/mol. The normalized spacial score (nSPS) is 10.5. The highest BCUT2D eigenvalue weighted by Gasteiger charge is 1.92. The zero-order valence-electron chi connectivity index (χ0n) is 14.9. The van der Waals surface area contributed by atoms with E-state index in [0.717, 1.165) is 0 Å². The molecular weight excluding hydrogens is 283 g/mol. The summed E-state index contributed by atoms with van der Waals surface area (Å²) in [7, 11) is 0.558. The van der Waals surface area contributed by atoms with E-state index in [1.807, 2.05) is 0 Å². The van der Waals surface area contributed by atoms with Gasteiger partial charge in [0, 0.05) is 14.2 Å². The van der Waals surface area contributed by atoms with Crippen LogP contribution >= 0.6 is 8.25 Å².